The van der Waals surface area contributed by atoms with Crippen molar-refractivity contribution in [2.24, 2.45) is 0 Å². The fourth-order valence-corrected chi connectivity index (χ4v) is 4.56. The Morgan fingerprint density at radius 2 is 1.78 bits per heavy atom. The van der Waals surface area contributed by atoms with Crippen LogP contribution in [0.1, 0.15) is 38.8 Å². The number of hydrogen-bond acceptors (Lipinski definition) is 4. The molecular formula is C19H20N2O5S. The summed E-state index contributed by atoms with van der Waals surface area (Å²) in [7, 11) is -3.36. The Morgan fingerprint density at radius 3 is 2.37 bits per heavy atom. The number of carboxylic acid groups (broad SMARTS) is 1. The topological polar surface area (TPSA) is 104 Å². The van der Waals surface area contributed by atoms with E-state index in [4.69, 9.17) is 5.11 Å². The maximum absolute atomic E-state index is 12.4. The van der Waals surface area contributed by atoms with Gasteiger partial charge in [-0.15, -0.1) is 0 Å². The largest absolute Gasteiger partial charge is 0.478 e. The molecule has 0 radical (unpaired) electrons. The van der Waals surface area contributed by atoms with E-state index in [1.807, 2.05) is 6.92 Å². The first-order chi connectivity index (χ1) is 12.7. The van der Waals surface area contributed by atoms with Crippen LogP contribution in [0.3, 0.4) is 0 Å². The zero-order valence-corrected chi connectivity index (χ0v) is 15.8. The summed E-state index contributed by atoms with van der Waals surface area (Å²) in [4.78, 5) is 23.3. The number of nitrogens with zero attached hydrogens (tertiary/aromatic N) is 1. The number of carbonyl (C=O) groups excluding carboxylic acids is 1. The molecule has 0 spiro atoms. The third-order valence-corrected chi connectivity index (χ3v) is 5.78. The average molecular weight is 388 g/mol. The average Bonchev–Trinajstić information content (AvgIpc) is 2.94. The standard InChI is InChI=1S/C19H20N2O5S/c1-12-9-16-10-15(7-8-17(16)21(12)27(2,25)26)18(22)20-11-13-3-5-14(6-4-13)19(23)24/h3-8,10,12H,9,11H2,1-2H3,(H,20,22)(H,23,24). The van der Waals surface area contributed by atoms with Gasteiger partial charge in [-0.3, -0.25) is 9.10 Å². The predicted octanol–water partition coefficient (Wildman–Crippen LogP) is 2.03. The molecule has 0 fully saturated rings. The van der Waals surface area contributed by atoms with E-state index in [1.165, 1.54) is 22.7 Å². The van der Waals surface area contributed by atoms with Crippen LogP contribution in [-0.4, -0.2) is 37.7 Å². The first-order valence-corrected chi connectivity index (χ1v) is 10.2. The van der Waals surface area contributed by atoms with Crippen molar-refractivity contribution >= 4 is 27.6 Å². The molecule has 1 amide bonds. The Balaban J connectivity index is 1.71. The molecule has 2 N–H and O–H groups in total. The minimum atomic E-state index is -3.36. The minimum absolute atomic E-state index is 0.180. The number of amides is 1. The first-order valence-electron chi connectivity index (χ1n) is 8.39. The van der Waals surface area contributed by atoms with Crippen LogP contribution in [0.4, 0.5) is 5.69 Å². The van der Waals surface area contributed by atoms with E-state index >= 15 is 0 Å². The first kappa shape index (κ1) is 18.9. The highest BCUT2D eigenvalue weighted by Crippen LogP contribution is 2.34. The highest BCUT2D eigenvalue weighted by Gasteiger charge is 2.32. The molecule has 0 bridgehead atoms. The summed E-state index contributed by atoms with van der Waals surface area (Å²) in [6.07, 6.45) is 1.73. The Labute approximate surface area is 157 Å². The minimum Gasteiger partial charge on any atom is -0.478 e. The number of anilines is 1. The van der Waals surface area contributed by atoms with Gasteiger partial charge in [0.2, 0.25) is 10.0 Å². The lowest BCUT2D eigenvalue weighted by atomic mass is 10.1. The van der Waals surface area contributed by atoms with Crippen LogP contribution in [0.2, 0.25) is 0 Å². The molecule has 3 rings (SSSR count). The van der Waals surface area contributed by atoms with Crippen LogP contribution in [-0.2, 0) is 23.0 Å². The van der Waals surface area contributed by atoms with Gasteiger partial charge in [0.05, 0.1) is 17.5 Å². The number of nitrogens with one attached hydrogen (secondary N) is 1. The number of aromatic carboxylic acids is 1. The van der Waals surface area contributed by atoms with Crippen molar-refractivity contribution in [1.82, 2.24) is 5.32 Å². The maximum atomic E-state index is 12.4. The molecule has 2 aromatic rings. The summed E-state index contributed by atoms with van der Waals surface area (Å²) >= 11 is 0. The van der Waals surface area contributed by atoms with Crippen molar-refractivity contribution in [3.63, 3.8) is 0 Å². The number of fused-ring (bicyclic) bond motifs is 1. The van der Waals surface area contributed by atoms with Crippen molar-refractivity contribution in [3.8, 4) is 0 Å². The van der Waals surface area contributed by atoms with E-state index in [0.29, 0.717) is 17.7 Å². The molecule has 1 atom stereocenters. The number of carboxylic acids is 1. The van der Waals surface area contributed by atoms with Crippen LogP contribution in [0.15, 0.2) is 42.5 Å². The van der Waals surface area contributed by atoms with Gasteiger partial charge in [0, 0.05) is 18.2 Å². The van der Waals surface area contributed by atoms with E-state index in [9.17, 15) is 18.0 Å². The predicted molar refractivity (Wildman–Crippen MR) is 102 cm³/mol. The zero-order valence-electron chi connectivity index (χ0n) is 15.0. The second-order valence-corrected chi connectivity index (χ2v) is 8.50. The Hall–Kier alpha value is -2.87. The molecule has 7 nitrogen and oxygen atoms in total. The van der Waals surface area contributed by atoms with Gasteiger partial charge >= 0.3 is 5.97 Å². The second kappa shape index (κ2) is 7.03. The van der Waals surface area contributed by atoms with E-state index in [2.05, 4.69) is 5.32 Å². The van der Waals surface area contributed by atoms with Gasteiger partial charge in [0.25, 0.3) is 5.91 Å². The van der Waals surface area contributed by atoms with Crippen molar-refractivity contribution in [2.45, 2.75) is 25.9 Å². The Morgan fingerprint density at radius 1 is 1.15 bits per heavy atom. The summed E-state index contributed by atoms with van der Waals surface area (Å²) in [5.41, 5.74) is 2.87. The number of sulfonamides is 1. The molecule has 8 heteroatoms. The highest BCUT2D eigenvalue weighted by atomic mass is 32.2. The number of rotatable bonds is 5. The number of hydrogen-bond donors (Lipinski definition) is 2. The lowest BCUT2D eigenvalue weighted by Crippen LogP contribution is -2.34. The van der Waals surface area contributed by atoms with Gasteiger partial charge in [0.15, 0.2) is 0 Å². The third-order valence-electron chi connectivity index (χ3n) is 4.51. The van der Waals surface area contributed by atoms with Gasteiger partial charge in [-0.25, -0.2) is 13.2 Å². The van der Waals surface area contributed by atoms with Gasteiger partial charge < -0.3 is 10.4 Å². The summed E-state index contributed by atoms with van der Waals surface area (Å²) in [5.74, 6) is -1.27. The summed E-state index contributed by atoms with van der Waals surface area (Å²) in [5, 5.41) is 11.7. The SMILES string of the molecule is CC1Cc2cc(C(=O)NCc3ccc(C(=O)O)cc3)ccc2N1S(C)(=O)=O. The second-order valence-electron chi connectivity index (χ2n) is 6.64. The van der Waals surface area contributed by atoms with Crippen molar-refractivity contribution < 1.29 is 23.1 Å². The molecule has 142 valence electrons. The number of benzene rings is 2. The van der Waals surface area contributed by atoms with Gasteiger partial charge in [-0.05, 0) is 54.8 Å². The molecule has 1 unspecified atom stereocenters. The summed E-state index contributed by atoms with van der Waals surface area (Å²) in [6.45, 7) is 2.10. The smallest absolute Gasteiger partial charge is 0.335 e. The fourth-order valence-electron chi connectivity index (χ4n) is 3.30. The van der Waals surface area contributed by atoms with Crippen molar-refractivity contribution in [1.29, 1.82) is 0 Å². The lowest BCUT2D eigenvalue weighted by Gasteiger charge is -2.21. The van der Waals surface area contributed by atoms with Crippen LogP contribution in [0, 0.1) is 0 Å². The Kier molecular flexibility index (Phi) is 4.93. The number of carbonyl (C=O) groups is 2. The van der Waals surface area contributed by atoms with E-state index in [0.717, 1.165) is 11.1 Å². The summed E-state index contributed by atoms with van der Waals surface area (Å²) < 4.78 is 25.3. The molecule has 0 aromatic heterocycles. The normalized spacial score (nSPS) is 16.1. The third kappa shape index (κ3) is 3.95. The molecular weight excluding hydrogens is 368 g/mol. The van der Waals surface area contributed by atoms with Gasteiger partial charge in [0.1, 0.15) is 0 Å². The van der Waals surface area contributed by atoms with Crippen LogP contribution >= 0.6 is 0 Å². The monoisotopic (exact) mass is 388 g/mol. The van der Waals surface area contributed by atoms with E-state index < -0.39 is 16.0 Å². The van der Waals surface area contributed by atoms with Gasteiger partial charge in [-0.2, -0.15) is 0 Å². The maximum Gasteiger partial charge on any atom is 0.335 e. The van der Waals surface area contributed by atoms with Crippen LogP contribution in [0.25, 0.3) is 0 Å². The molecule has 2 aromatic carbocycles. The zero-order chi connectivity index (χ0) is 19.8. The molecule has 1 aliphatic rings. The summed E-state index contributed by atoms with van der Waals surface area (Å²) in [6, 6.07) is 11.1. The van der Waals surface area contributed by atoms with E-state index in [1.54, 1.807) is 30.3 Å². The quantitative estimate of drug-likeness (QED) is 0.816. The molecule has 0 aliphatic carbocycles. The molecule has 0 saturated heterocycles. The van der Waals surface area contributed by atoms with E-state index in [-0.39, 0.29) is 24.1 Å². The van der Waals surface area contributed by atoms with Crippen LogP contribution in [0.5, 0.6) is 0 Å². The van der Waals surface area contributed by atoms with Crippen LogP contribution < -0.4 is 9.62 Å². The lowest BCUT2D eigenvalue weighted by molar-refractivity contribution is 0.0696. The fraction of sp³-hybridized carbons (Fsp3) is 0.263. The molecule has 0 saturated carbocycles. The highest BCUT2D eigenvalue weighted by molar-refractivity contribution is 7.92. The molecule has 1 heterocycles. The molecule has 1 aliphatic heterocycles. The molecule has 27 heavy (non-hydrogen) atoms. The van der Waals surface area contributed by atoms with Crippen molar-refractivity contribution in [2.75, 3.05) is 10.6 Å². The van der Waals surface area contributed by atoms with Crippen molar-refractivity contribution in [3.05, 3.63) is 64.7 Å². The van der Waals surface area contributed by atoms with Gasteiger partial charge in [-0.1, -0.05) is 12.1 Å². The Bertz CT molecular complexity index is 999.